The molecule has 0 unspecified atom stereocenters. The summed E-state index contributed by atoms with van der Waals surface area (Å²) in [5.74, 6) is -0.737. The van der Waals surface area contributed by atoms with Gasteiger partial charge in [-0.1, -0.05) is 18.2 Å². The number of hydrogen-bond donors (Lipinski definition) is 2. The van der Waals surface area contributed by atoms with Crippen LogP contribution in [0.5, 0.6) is 0 Å². The van der Waals surface area contributed by atoms with Crippen molar-refractivity contribution in [2.75, 3.05) is 10.6 Å². The Morgan fingerprint density at radius 1 is 0.939 bits per heavy atom. The quantitative estimate of drug-likeness (QED) is 0.389. The van der Waals surface area contributed by atoms with E-state index in [4.69, 9.17) is 0 Å². The van der Waals surface area contributed by atoms with Crippen molar-refractivity contribution in [3.05, 3.63) is 93.9 Å². The second-order valence-corrected chi connectivity index (χ2v) is 8.02. The number of halogens is 3. The Hall–Kier alpha value is -3.92. The summed E-state index contributed by atoms with van der Waals surface area (Å²) in [5, 5.41) is 11.4. The van der Waals surface area contributed by atoms with Crippen molar-refractivity contribution in [1.29, 1.82) is 0 Å². The third kappa shape index (κ3) is 4.96. The van der Waals surface area contributed by atoms with Crippen LogP contribution in [0.15, 0.2) is 72.2 Å². The van der Waals surface area contributed by atoms with Crippen molar-refractivity contribution in [3.8, 4) is 5.69 Å². The fourth-order valence-electron chi connectivity index (χ4n) is 3.18. The van der Waals surface area contributed by atoms with Crippen LogP contribution in [0.3, 0.4) is 0 Å². The van der Waals surface area contributed by atoms with Gasteiger partial charge in [-0.25, -0.2) is 4.68 Å². The second kappa shape index (κ2) is 8.91. The van der Waals surface area contributed by atoms with E-state index in [1.165, 1.54) is 34.3 Å². The van der Waals surface area contributed by atoms with E-state index < -0.39 is 17.6 Å². The minimum atomic E-state index is -4.48. The van der Waals surface area contributed by atoms with Crippen molar-refractivity contribution >= 4 is 34.5 Å². The molecule has 4 aromatic rings. The molecule has 4 rings (SSSR count). The van der Waals surface area contributed by atoms with Gasteiger partial charge >= 0.3 is 6.18 Å². The van der Waals surface area contributed by atoms with Crippen LogP contribution < -0.4 is 10.6 Å². The molecule has 0 spiro atoms. The molecule has 0 atom stereocenters. The van der Waals surface area contributed by atoms with Gasteiger partial charge in [0.25, 0.3) is 11.8 Å². The van der Waals surface area contributed by atoms with Gasteiger partial charge < -0.3 is 10.6 Å². The van der Waals surface area contributed by atoms with E-state index in [0.717, 1.165) is 12.1 Å². The van der Waals surface area contributed by atoms with Crippen LogP contribution in [0, 0.1) is 6.92 Å². The molecule has 2 aromatic heterocycles. The third-order valence-corrected chi connectivity index (χ3v) is 5.66. The number of nitrogens with zero attached hydrogens (tertiary/aromatic N) is 2. The summed E-state index contributed by atoms with van der Waals surface area (Å²) in [4.78, 5) is 25.6. The summed E-state index contributed by atoms with van der Waals surface area (Å²) < 4.78 is 40.4. The van der Waals surface area contributed by atoms with Gasteiger partial charge in [-0.3, -0.25) is 9.59 Å². The molecule has 33 heavy (non-hydrogen) atoms. The maximum Gasteiger partial charge on any atom is 0.416 e. The summed E-state index contributed by atoms with van der Waals surface area (Å²) in [6.45, 7) is 1.60. The van der Waals surface area contributed by atoms with Crippen LogP contribution in [-0.2, 0) is 6.18 Å². The van der Waals surface area contributed by atoms with Gasteiger partial charge in [0.1, 0.15) is 0 Å². The minimum Gasteiger partial charge on any atom is -0.322 e. The topological polar surface area (TPSA) is 76.0 Å². The van der Waals surface area contributed by atoms with Crippen LogP contribution in [0.1, 0.15) is 31.3 Å². The molecule has 6 nitrogen and oxygen atoms in total. The highest BCUT2D eigenvalue weighted by molar-refractivity contribution is 7.12. The normalized spacial score (nSPS) is 11.3. The van der Waals surface area contributed by atoms with Gasteiger partial charge in [0.2, 0.25) is 0 Å². The van der Waals surface area contributed by atoms with Gasteiger partial charge in [-0.2, -0.15) is 18.3 Å². The molecule has 0 aliphatic rings. The first-order valence-corrected chi connectivity index (χ1v) is 10.6. The van der Waals surface area contributed by atoms with Gasteiger partial charge in [0.05, 0.1) is 33.6 Å². The molecule has 2 heterocycles. The average Bonchev–Trinajstić information content (AvgIpc) is 3.43. The molecule has 0 saturated heterocycles. The fraction of sp³-hybridized carbons (Fsp3) is 0.0870. The lowest BCUT2D eigenvalue weighted by Crippen LogP contribution is -2.14. The molecule has 0 fully saturated rings. The smallest absolute Gasteiger partial charge is 0.322 e. The average molecular weight is 470 g/mol. The summed E-state index contributed by atoms with van der Waals surface area (Å²) >= 11 is 1.31. The molecule has 0 bridgehead atoms. The standard InChI is InChI=1S/C23H17F3N4O2S/c1-14-19(13-27-30(14)18-8-2-5-15(11-18)23(24,25)26)21(31)28-16-6-3-7-17(12-16)29-22(32)20-9-4-10-33-20/h2-13H,1H3,(H,28,31)(H,29,32). The molecule has 2 N–H and O–H groups in total. The van der Waals surface area contributed by atoms with Crippen LogP contribution in [-0.4, -0.2) is 21.6 Å². The highest BCUT2D eigenvalue weighted by Crippen LogP contribution is 2.30. The molecule has 0 aliphatic heterocycles. The van der Waals surface area contributed by atoms with Crippen LogP contribution in [0.25, 0.3) is 5.69 Å². The van der Waals surface area contributed by atoms with Crippen molar-refractivity contribution < 1.29 is 22.8 Å². The Balaban J connectivity index is 1.51. The van der Waals surface area contributed by atoms with Crippen LogP contribution in [0.4, 0.5) is 24.5 Å². The van der Waals surface area contributed by atoms with Crippen LogP contribution in [0.2, 0.25) is 0 Å². The largest absolute Gasteiger partial charge is 0.416 e. The number of carbonyl (C=O) groups excluding carboxylic acids is 2. The Morgan fingerprint density at radius 3 is 2.30 bits per heavy atom. The van der Waals surface area contributed by atoms with E-state index in [-0.39, 0.29) is 17.2 Å². The van der Waals surface area contributed by atoms with E-state index in [0.29, 0.717) is 21.9 Å². The molecule has 168 valence electrons. The summed E-state index contributed by atoms with van der Waals surface area (Å²) in [7, 11) is 0. The first-order chi connectivity index (χ1) is 15.7. The van der Waals surface area contributed by atoms with Crippen molar-refractivity contribution in [2.45, 2.75) is 13.1 Å². The molecule has 0 radical (unpaired) electrons. The summed E-state index contributed by atoms with van der Waals surface area (Å²) in [6, 6.07) is 14.8. The number of thiophene rings is 1. The van der Waals surface area contributed by atoms with Gasteiger partial charge in [0.15, 0.2) is 0 Å². The molecule has 2 amide bonds. The third-order valence-electron chi connectivity index (χ3n) is 4.80. The number of anilines is 2. The van der Waals surface area contributed by atoms with E-state index in [1.807, 2.05) is 0 Å². The van der Waals surface area contributed by atoms with Gasteiger partial charge in [-0.05, 0) is 54.8 Å². The van der Waals surface area contributed by atoms with Gasteiger partial charge in [-0.15, -0.1) is 11.3 Å². The molecule has 0 aliphatic carbocycles. The number of benzene rings is 2. The number of nitrogens with one attached hydrogen (secondary N) is 2. The predicted octanol–water partition coefficient (Wildman–Crippen LogP) is 5.77. The number of amides is 2. The number of hydrogen-bond acceptors (Lipinski definition) is 4. The molecular formula is C23H17F3N4O2S. The lowest BCUT2D eigenvalue weighted by atomic mass is 10.2. The van der Waals surface area contributed by atoms with E-state index >= 15 is 0 Å². The number of aromatic nitrogens is 2. The zero-order valence-corrected chi connectivity index (χ0v) is 18.0. The van der Waals surface area contributed by atoms with E-state index in [9.17, 15) is 22.8 Å². The van der Waals surface area contributed by atoms with Gasteiger partial charge in [0, 0.05) is 11.4 Å². The second-order valence-electron chi connectivity index (χ2n) is 7.07. The Kier molecular flexibility index (Phi) is 6.01. The lowest BCUT2D eigenvalue weighted by Gasteiger charge is -2.11. The highest BCUT2D eigenvalue weighted by atomic mass is 32.1. The maximum absolute atomic E-state index is 13.0. The minimum absolute atomic E-state index is 0.194. The Morgan fingerprint density at radius 2 is 1.64 bits per heavy atom. The zero-order valence-electron chi connectivity index (χ0n) is 17.2. The van der Waals surface area contributed by atoms with E-state index in [2.05, 4.69) is 15.7 Å². The molecule has 2 aromatic carbocycles. The number of carbonyl (C=O) groups is 2. The number of rotatable bonds is 5. The van der Waals surface area contributed by atoms with Crippen LogP contribution >= 0.6 is 11.3 Å². The maximum atomic E-state index is 13.0. The fourth-order valence-corrected chi connectivity index (χ4v) is 3.80. The van der Waals surface area contributed by atoms with Crippen molar-refractivity contribution in [1.82, 2.24) is 9.78 Å². The monoisotopic (exact) mass is 470 g/mol. The Bertz CT molecular complexity index is 1310. The number of alkyl halides is 3. The molecule has 0 saturated carbocycles. The lowest BCUT2D eigenvalue weighted by molar-refractivity contribution is -0.137. The highest BCUT2D eigenvalue weighted by Gasteiger charge is 2.30. The summed E-state index contributed by atoms with van der Waals surface area (Å²) in [6.07, 6.45) is -3.19. The molecule has 10 heteroatoms. The first-order valence-electron chi connectivity index (χ1n) is 9.71. The van der Waals surface area contributed by atoms with Crippen molar-refractivity contribution in [3.63, 3.8) is 0 Å². The predicted molar refractivity (Wildman–Crippen MR) is 120 cm³/mol. The van der Waals surface area contributed by atoms with Crippen molar-refractivity contribution in [2.24, 2.45) is 0 Å². The first kappa shape index (κ1) is 22.3. The SMILES string of the molecule is Cc1c(C(=O)Nc2cccc(NC(=O)c3cccs3)c2)cnn1-c1cccc(C(F)(F)F)c1. The molecular weight excluding hydrogens is 453 g/mol. The van der Waals surface area contributed by atoms with E-state index in [1.54, 1.807) is 48.7 Å². The summed E-state index contributed by atoms with van der Waals surface area (Å²) in [5.41, 5.74) is 0.925. The Labute approximate surface area is 190 Å². The zero-order chi connectivity index (χ0) is 23.6.